The highest BCUT2D eigenvalue weighted by Gasteiger charge is 2.31. The fraction of sp³-hybridized carbons (Fsp3) is 0.133. The van der Waals surface area contributed by atoms with E-state index in [2.05, 4.69) is 6.07 Å². The number of benzene rings is 2. The monoisotopic (exact) mass is 255 g/mol. The highest BCUT2D eigenvalue weighted by Crippen LogP contribution is 2.45. The Kier molecular flexibility index (Phi) is 2.84. The summed E-state index contributed by atoms with van der Waals surface area (Å²) in [6, 6.07) is 18.0. The molecule has 1 atom stereocenters. The van der Waals surface area contributed by atoms with Crippen LogP contribution in [0.5, 0.6) is 0 Å². The van der Waals surface area contributed by atoms with Crippen LogP contribution in [0.4, 0.5) is 5.69 Å². The van der Waals surface area contributed by atoms with Crippen molar-refractivity contribution in [3.8, 4) is 0 Å². The van der Waals surface area contributed by atoms with Gasteiger partial charge in [0.15, 0.2) is 0 Å². The summed E-state index contributed by atoms with van der Waals surface area (Å²) in [5.41, 5.74) is 2.06. The topological polar surface area (TPSA) is 20.3 Å². The van der Waals surface area contributed by atoms with Crippen LogP contribution in [-0.4, -0.2) is 13.0 Å². The van der Waals surface area contributed by atoms with Gasteiger partial charge in [0.25, 0.3) is 0 Å². The van der Waals surface area contributed by atoms with Gasteiger partial charge in [-0.3, -0.25) is 4.79 Å². The fourth-order valence-corrected chi connectivity index (χ4v) is 3.43. The molecule has 1 heterocycles. The molecule has 3 rings (SSSR count). The fourth-order valence-electron chi connectivity index (χ4n) is 2.14. The van der Waals surface area contributed by atoms with E-state index in [1.807, 2.05) is 55.6 Å². The molecule has 0 N–H and O–H groups in total. The van der Waals surface area contributed by atoms with Crippen LogP contribution < -0.4 is 4.90 Å². The minimum atomic E-state index is -0.133. The summed E-state index contributed by atoms with van der Waals surface area (Å²) in [4.78, 5) is 15.3. The van der Waals surface area contributed by atoms with Gasteiger partial charge in [-0.2, -0.15) is 0 Å². The summed E-state index contributed by atoms with van der Waals surface area (Å²) in [6.07, 6.45) is 0. The highest BCUT2D eigenvalue weighted by molar-refractivity contribution is 8.00. The first kappa shape index (κ1) is 11.4. The van der Waals surface area contributed by atoms with Gasteiger partial charge in [0.05, 0.1) is 5.69 Å². The van der Waals surface area contributed by atoms with Crippen molar-refractivity contribution in [2.75, 3.05) is 11.9 Å². The smallest absolute Gasteiger partial charge is 0.244 e. The number of hydrogen-bond acceptors (Lipinski definition) is 2. The third-order valence-electron chi connectivity index (χ3n) is 3.13. The van der Waals surface area contributed by atoms with Gasteiger partial charge < -0.3 is 4.90 Å². The molecule has 90 valence electrons. The minimum Gasteiger partial charge on any atom is -0.313 e. The van der Waals surface area contributed by atoms with E-state index in [0.717, 1.165) is 16.1 Å². The van der Waals surface area contributed by atoms with Gasteiger partial charge in [0.1, 0.15) is 5.25 Å². The van der Waals surface area contributed by atoms with Gasteiger partial charge in [-0.15, -0.1) is 11.8 Å². The Balaban J connectivity index is 2.04. The van der Waals surface area contributed by atoms with Crippen LogP contribution in [0.15, 0.2) is 59.5 Å². The molecule has 0 radical (unpaired) electrons. The van der Waals surface area contributed by atoms with Crippen LogP contribution in [0.25, 0.3) is 0 Å². The summed E-state index contributed by atoms with van der Waals surface area (Å²) < 4.78 is 0. The summed E-state index contributed by atoms with van der Waals surface area (Å²) >= 11 is 1.63. The van der Waals surface area contributed by atoms with E-state index in [0.29, 0.717) is 0 Å². The van der Waals surface area contributed by atoms with Crippen LogP contribution in [0, 0.1) is 0 Å². The number of amides is 1. The Bertz CT molecular complexity index is 582. The van der Waals surface area contributed by atoms with Gasteiger partial charge in [-0.05, 0) is 17.7 Å². The maximum Gasteiger partial charge on any atom is 0.244 e. The number of para-hydroxylation sites is 1. The Hall–Kier alpha value is -1.74. The molecule has 2 aromatic carbocycles. The summed E-state index contributed by atoms with van der Waals surface area (Å²) in [5, 5.41) is -0.133. The molecule has 0 aromatic heterocycles. The Morgan fingerprint density at radius 3 is 2.44 bits per heavy atom. The molecule has 2 aromatic rings. The standard InChI is InChI=1S/C15H13NOS/c1-16-12-9-5-6-10-13(12)18-14(15(16)17)11-7-3-2-4-8-11/h2-10,14H,1H3/t14-/m0/s1. The number of thioether (sulfide) groups is 1. The first-order valence-corrected chi connectivity index (χ1v) is 6.73. The molecule has 18 heavy (non-hydrogen) atoms. The lowest BCUT2D eigenvalue weighted by atomic mass is 10.1. The maximum absolute atomic E-state index is 12.4. The number of carbonyl (C=O) groups excluding carboxylic acids is 1. The van der Waals surface area contributed by atoms with Crippen LogP contribution in [0.2, 0.25) is 0 Å². The zero-order valence-corrected chi connectivity index (χ0v) is 10.9. The van der Waals surface area contributed by atoms with E-state index >= 15 is 0 Å². The lowest BCUT2D eigenvalue weighted by Gasteiger charge is -2.31. The lowest BCUT2D eigenvalue weighted by molar-refractivity contribution is -0.118. The number of rotatable bonds is 1. The first-order valence-electron chi connectivity index (χ1n) is 5.85. The second kappa shape index (κ2) is 4.50. The number of likely N-dealkylation sites (N-methyl/N-ethyl adjacent to an activating group) is 1. The van der Waals surface area contributed by atoms with Crippen molar-refractivity contribution in [1.29, 1.82) is 0 Å². The average molecular weight is 255 g/mol. The molecule has 1 aliphatic rings. The van der Waals surface area contributed by atoms with E-state index in [1.165, 1.54) is 0 Å². The van der Waals surface area contributed by atoms with Crippen molar-refractivity contribution in [2.45, 2.75) is 10.1 Å². The van der Waals surface area contributed by atoms with Gasteiger partial charge in [-0.1, -0.05) is 42.5 Å². The molecule has 1 amide bonds. The summed E-state index contributed by atoms with van der Waals surface area (Å²) in [6.45, 7) is 0. The number of hydrogen-bond donors (Lipinski definition) is 0. The Morgan fingerprint density at radius 2 is 1.67 bits per heavy atom. The van der Waals surface area contributed by atoms with Gasteiger partial charge in [0.2, 0.25) is 5.91 Å². The Morgan fingerprint density at radius 1 is 1.00 bits per heavy atom. The second-order valence-electron chi connectivity index (χ2n) is 4.27. The van der Waals surface area contributed by atoms with Crippen LogP contribution in [-0.2, 0) is 4.79 Å². The quantitative estimate of drug-likeness (QED) is 0.777. The molecule has 1 aliphatic heterocycles. The molecule has 0 unspecified atom stereocenters. The van der Waals surface area contributed by atoms with Crippen molar-refractivity contribution >= 4 is 23.4 Å². The van der Waals surface area contributed by atoms with E-state index in [4.69, 9.17) is 0 Å². The largest absolute Gasteiger partial charge is 0.313 e. The maximum atomic E-state index is 12.4. The number of carbonyl (C=O) groups is 1. The van der Waals surface area contributed by atoms with Crippen molar-refractivity contribution in [2.24, 2.45) is 0 Å². The van der Waals surface area contributed by atoms with E-state index in [-0.39, 0.29) is 11.2 Å². The van der Waals surface area contributed by atoms with Gasteiger partial charge in [0, 0.05) is 11.9 Å². The van der Waals surface area contributed by atoms with Crippen LogP contribution in [0.1, 0.15) is 10.8 Å². The molecule has 0 saturated heterocycles. The molecule has 0 spiro atoms. The lowest BCUT2D eigenvalue weighted by Crippen LogP contribution is -2.33. The number of nitrogens with zero attached hydrogens (tertiary/aromatic N) is 1. The third-order valence-corrected chi connectivity index (χ3v) is 4.44. The SMILES string of the molecule is CN1C(=O)[C@H](c2ccccc2)Sc2ccccc21. The van der Waals surface area contributed by atoms with Crippen molar-refractivity contribution in [3.05, 3.63) is 60.2 Å². The highest BCUT2D eigenvalue weighted by atomic mass is 32.2. The first-order chi connectivity index (χ1) is 8.77. The molecule has 0 fully saturated rings. The summed E-state index contributed by atoms with van der Waals surface area (Å²) in [5.74, 6) is 0.143. The van der Waals surface area contributed by atoms with Crippen molar-refractivity contribution < 1.29 is 4.79 Å². The number of anilines is 1. The zero-order chi connectivity index (χ0) is 12.5. The van der Waals surface area contributed by atoms with E-state index in [9.17, 15) is 4.79 Å². The van der Waals surface area contributed by atoms with Crippen molar-refractivity contribution in [3.63, 3.8) is 0 Å². The third kappa shape index (κ3) is 1.81. The summed E-state index contributed by atoms with van der Waals surface area (Å²) in [7, 11) is 1.84. The molecule has 2 nitrogen and oxygen atoms in total. The average Bonchev–Trinajstić information content (AvgIpc) is 2.44. The van der Waals surface area contributed by atoms with Crippen molar-refractivity contribution in [1.82, 2.24) is 0 Å². The predicted molar refractivity (Wildman–Crippen MR) is 74.9 cm³/mol. The van der Waals surface area contributed by atoms with Crippen LogP contribution >= 0.6 is 11.8 Å². The van der Waals surface area contributed by atoms with Gasteiger partial charge in [-0.25, -0.2) is 0 Å². The molecular formula is C15H13NOS. The predicted octanol–water partition coefficient (Wildman–Crippen LogP) is 3.50. The Labute approximate surface area is 111 Å². The normalized spacial score (nSPS) is 18.6. The molecule has 3 heteroatoms. The molecule has 0 bridgehead atoms. The number of fused-ring (bicyclic) bond motifs is 1. The zero-order valence-electron chi connectivity index (χ0n) is 10.0. The van der Waals surface area contributed by atoms with Crippen LogP contribution in [0.3, 0.4) is 0 Å². The van der Waals surface area contributed by atoms with E-state index in [1.54, 1.807) is 16.7 Å². The second-order valence-corrected chi connectivity index (χ2v) is 5.42. The molecule has 0 aliphatic carbocycles. The molecule has 0 saturated carbocycles. The van der Waals surface area contributed by atoms with E-state index < -0.39 is 0 Å². The minimum absolute atomic E-state index is 0.133. The molecular weight excluding hydrogens is 242 g/mol. The van der Waals surface area contributed by atoms with Gasteiger partial charge >= 0.3 is 0 Å².